The first-order valence-corrected chi connectivity index (χ1v) is 6.34. The van der Waals surface area contributed by atoms with Crippen molar-refractivity contribution >= 4 is 5.78 Å². The molecule has 1 rings (SSSR count). The number of hydrogen-bond acceptors (Lipinski definition) is 3. The Labute approximate surface area is 109 Å². The van der Waals surface area contributed by atoms with Crippen LogP contribution in [-0.4, -0.2) is 18.4 Å². The Morgan fingerprint density at radius 2 is 1.83 bits per heavy atom. The van der Waals surface area contributed by atoms with Gasteiger partial charge in [0.05, 0.1) is 7.11 Å². The third-order valence-electron chi connectivity index (χ3n) is 2.90. The van der Waals surface area contributed by atoms with E-state index >= 15 is 0 Å². The van der Waals surface area contributed by atoms with Crippen LogP contribution in [0.25, 0.3) is 0 Å². The van der Waals surface area contributed by atoms with Gasteiger partial charge in [-0.05, 0) is 44.4 Å². The predicted molar refractivity (Wildman–Crippen MR) is 73.8 cm³/mol. The molecule has 2 N–H and O–H groups in total. The molecule has 0 bridgehead atoms. The highest BCUT2D eigenvalue weighted by atomic mass is 16.5. The first kappa shape index (κ1) is 14.7. The van der Waals surface area contributed by atoms with E-state index in [4.69, 9.17) is 10.5 Å². The highest BCUT2D eigenvalue weighted by Gasteiger charge is 2.13. The summed E-state index contributed by atoms with van der Waals surface area (Å²) in [5.74, 6) is 1.12. The lowest BCUT2D eigenvalue weighted by molar-refractivity contribution is -0.119. The van der Waals surface area contributed by atoms with Gasteiger partial charge in [0.15, 0.2) is 0 Å². The Hall–Kier alpha value is -1.35. The average molecular weight is 249 g/mol. The Balaban J connectivity index is 2.33. The van der Waals surface area contributed by atoms with Crippen molar-refractivity contribution in [2.75, 3.05) is 7.11 Å². The van der Waals surface area contributed by atoms with Gasteiger partial charge in [-0.3, -0.25) is 4.79 Å². The fourth-order valence-corrected chi connectivity index (χ4v) is 1.66. The molecular formula is C15H23NO2. The van der Waals surface area contributed by atoms with E-state index in [1.54, 1.807) is 7.11 Å². The second-order valence-corrected chi connectivity index (χ2v) is 5.38. The second-order valence-electron chi connectivity index (χ2n) is 5.38. The Morgan fingerprint density at radius 3 is 2.33 bits per heavy atom. The normalized spacial score (nSPS) is 11.3. The molecule has 0 saturated heterocycles. The van der Waals surface area contributed by atoms with Crippen LogP contribution in [0.5, 0.6) is 5.75 Å². The maximum atomic E-state index is 11.7. The molecule has 1 aromatic rings. The summed E-state index contributed by atoms with van der Waals surface area (Å²) in [6, 6.07) is 7.84. The van der Waals surface area contributed by atoms with Gasteiger partial charge in [-0.25, -0.2) is 0 Å². The molecule has 0 unspecified atom stereocenters. The Bertz CT molecular complexity index is 376. The summed E-state index contributed by atoms with van der Waals surface area (Å²) in [4.78, 5) is 11.7. The van der Waals surface area contributed by atoms with Crippen LogP contribution < -0.4 is 10.5 Å². The number of methoxy groups -OCH3 is 1. The lowest BCUT2D eigenvalue weighted by Crippen LogP contribution is -2.32. The van der Waals surface area contributed by atoms with Gasteiger partial charge in [0.25, 0.3) is 0 Å². The maximum Gasteiger partial charge on any atom is 0.133 e. The number of hydrogen-bond donors (Lipinski definition) is 1. The van der Waals surface area contributed by atoms with Gasteiger partial charge in [-0.2, -0.15) is 0 Å². The number of benzene rings is 1. The van der Waals surface area contributed by atoms with E-state index in [1.807, 2.05) is 38.1 Å². The van der Waals surface area contributed by atoms with E-state index in [2.05, 4.69) is 0 Å². The molecule has 0 aromatic heterocycles. The molecule has 0 fully saturated rings. The zero-order chi connectivity index (χ0) is 13.6. The summed E-state index contributed by atoms with van der Waals surface area (Å²) < 4.78 is 5.09. The van der Waals surface area contributed by atoms with Crippen molar-refractivity contribution in [3.05, 3.63) is 29.8 Å². The summed E-state index contributed by atoms with van der Waals surface area (Å²) in [5, 5.41) is 0. The smallest absolute Gasteiger partial charge is 0.133 e. The van der Waals surface area contributed by atoms with E-state index in [-0.39, 0.29) is 11.3 Å². The first-order valence-electron chi connectivity index (χ1n) is 6.34. The standard InChI is InChI=1S/C15H23NO2/c1-15(2,16)11-10-13(17)7-4-12-5-8-14(18-3)9-6-12/h5-6,8-9H,4,7,10-11,16H2,1-3H3. The zero-order valence-electron chi connectivity index (χ0n) is 11.5. The fraction of sp³-hybridized carbons (Fsp3) is 0.533. The Kier molecular flexibility index (Phi) is 5.35. The quantitative estimate of drug-likeness (QED) is 0.808. The van der Waals surface area contributed by atoms with Gasteiger partial charge in [-0.15, -0.1) is 0 Å². The number of ketones is 1. The van der Waals surface area contributed by atoms with Crippen LogP contribution in [0, 0.1) is 0 Å². The number of carbonyl (C=O) groups excluding carboxylic acids is 1. The van der Waals surface area contributed by atoms with Crippen molar-refractivity contribution in [1.29, 1.82) is 0 Å². The Morgan fingerprint density at radius 1 is 1.22 bits per heavy atom. The molecule has 100 valence electrons. The van der Waals surface area contributed by atoms with Crippen molar-refractivity contribution in [2.45, 2.75) is 45.1 Å². The summed E-state index contributed by atoms with van der Waals surface area (Å²) >= 11 is 0. The lowest BCUT2D eigenvalue weighted by atomic mass is 9.96. The number of Topliss-reactive ketones (excluding diaryl/α,β-unsaturated/α-hetero) is 1. The molecule has 0 atom stereocenters. The number of carbonyl (C=O) groups is 1. The highest BCUT2D eigenvalue weighted by Crippen LogP contribution is 2.14. The van der Waals surface area contributed by atoms with Gasteiger partial charge >= 0.3 is 0 Å². The lowest BCUT2D eigenvalue weighted by Gasteiger charge is -2.17. The summed E-state index contributed by atoms with van der Waals surface area (Å²) in [6.07, 6.45) is 2.68. The second kappa shape index (κ2) is 6.55. The number of nitrogens with two attached hydrogens (primary N) is 1. The molecule has 0 spiro atoms. The molecule has 0 radical (unpaired) electrons. The molecule has 0 aliphatic carbocycles. The first-order chi connectivity index (χ1) is 8.40. The maximum absolute atomic E-state index is 11.7. The van der Waals surface area contributed by atoms with Gasteiger partial charge in [-0.1, -0.05) is 12.1 Å². The van der Waals surface area contributed by atoms with Crippen LogP contribution in [0.1, 0.15) is 38.7 Å². The minimum absolute atomic E-state index is 0.254. The van der Waals surface area contributed by atoms with Crippen LogP contribution in [0.15, 0.2) is 24.3 Å². The van der Waals surface area contributed by atoms with Gasteiger partial charge in [0.2, 0.25) is 0 Å². The molecular weight excluding hydrogens is 226 g/mol. The van der Waals surface area contributed by atoms with E-state index < -0.39 is 0 Å². The molecule has 3 heteroatoms. The SMILES string of the molecule is COc1ccc(CCC(=O)CCC(C)(C)N)cc1. The van der Waals surface area contributed by atoms with Gasteiger partial charge in [0.1, 0.15) is 11.5 Å². The van der Waals surface area contributed by atoms with E-state index in [0.29, 0.717) is 12.8 Å². The van der Waals surface area contributed by atoms with E-state index in [9.17, 15) is 4.79 Å². The number of rotatable bonds is 7. The highest BCUT2D eigenvalue weighted by molar-refractivity contribution is 5.78. The minimum atomic E-state index is -0.254. The average Bonchev–Trinajstić information content (AvgIpc) is 2.33. The third-order valence-corrected chi connectivity index (χ3v) is 2.90. The van der Waals surface area contributed by atoms with Crippen LogP contribution in [0.2, 0.25) is 0 Å². The van der Waals surface area contributed by atoms with Crippen molar-refractivity contribution in [1.82, 2.24) is 0 Å². The molecule has 1 aromatic carbocycles. The monoisotopic (exact) mass is 249 g/mol. The minimum Gasteiger partial charge on any atom is -0.497 e. The molecule has 0 saturated carbocycles. The van der Waals surface area contributed by atoms with Crippen molar-refractivity contribution in [3.8, 4) is 5.75 Å². The van der Waals surface area contributed by atoms with E-state index in [1.165, 1.54) is 0 Å². The van der Waals surface area contributed by atoms with Crippen molar-refractivity contribution in [3.63, 3.8) is 0 Å². The number of aryl methyl sites for hydroxylation is 1. The van der Waals surface area contributed by atoms with Crippen LogP contribution in [0.4, 0.5) is 0 Å². The summed E-state index contributed by atoms with van der Waals surface area (Å²) in [6.45, 7) is 3.90. The molecule has 3 nitrogen and oxygen atoms in total. The molecule has 0 heterocycles. The van der Waals surface area contributed by atoms with Gasteiger partial charge < -0.3 is 10.5 Å². The molecule has 0 aliphatic rings. The predicted octanol–water partition coefficient (Wildman–Crippen LogP) is 2.71. The number of ether oxygens (including phenoxy) is 1. The van der Waals surface area contributed by atoms with Crippen molar-refractivity contribution < 1.29 is 9.53 Å². The largest absolute Gasteiger partial charge is 0.497 e. The topological polar surface area (TPSA) is 52.3 Å². The van der Waals surface area contributed by atoms with Gasteiger partial charge in [0, 0.05) is 18.4 Å². The van der Waals surface area contributed by atoms with Crippen LogP contribution >= 0.6 is 0 Å². The third kappa shape index (κ3) is 5.82. The molecule has 0 aliphatic heterocycles. The fourth-order valence-electron chi connectivity index (χ4n) is 1.66. The zero-order valence-corrected chi connectivity index (χ0v) is 11.5. The van der Waals surface area contributed by atoms with Crippen LogP contribution in [0.3, 0.4) is 0 Å². The summed E-state index contributed by atoms with van der Waals surface area (Å²) in [7, 11) is 1.65. The molecule has 18 heavy (non-hydrogen) atoms. The van der Waals surface area contributed by atoms with E-state index in [0.717, 1.165) is 24.2 Å². The van der Waals surface area contributed by atoms with Crippen LogP contribution in [-0.2, 0) is 11.2 Å². The van der Waals surface area contributed by atoms with Crippen molar-refractivity contribution in [2.24, 2.45) is 5.73 Å². The molecule has 0 amide bonds. The summed E-state index contributed by atoms with van der Waals surface area (Å²) in [5.41, 5.74) is 6.77.